The summed E-state index contributed by atoms with van der Waals surface area (Å²) in [5.74, 6) is 2.39. The molecule has 4 heteroatoms. The van der Waals surface area contributed by atoms with E-state index in [1.165, 1.54) is 12.8 Å². The van der Waals surface area contributed by atoms with E-state index >= 15 is 0 Å². The lowest BCUT2D eigenvalue weighted by Gasteiger charge is -2.31. The van der Waals surface area contributed by atoms with Crippen LogP contribution in [0, 0.1) is 6.92 Å². The molecule has 1 aliphatic heterocycles. The normalized spacial score (nSPS) is 19.1. The van der Waals surface area contributed by atoms with Crippen LogP contribution in [0.25, 0.3) is 0 Å². The summed E-state index contributed by atoms with van der Waals surface area (Å²) in [6.07, 6.45) is 2.56. The maximum Gasteiger partial charge on any atom is 0.133 e. The van der Waals surface area contributed by atoms with Gasteiger partial charge in [0, 0.05) is 36.3 Å². The van der Waals surface area contributed by atoms with Crippen LogP contribution >= 0.6 is 0 Å². The van der Waals surface area contributed by atoms with Gasteiger partial charge in [0.05, 0.1) is 0 Å². The van der Waals surface area contributed by atoms with Gasteiger partial charge in [-0.2, -0.15) is 0 Å². The minimum absolute atomic E-state index is 0.368. The molecule has 0 saturated carbocycles. The standard InChI is InChI=1S/C16H28N4/c1-11(2)16-18-13(5)9-15(19-16)20(12(3)4)10-14-7-6-8-17-14/h9,11-12,14,17H,6-8,10H2,1-5H3. The average molecular weight is 276 g/mol. The van der Waals surface area contributed by atoms with E-state index in [4.69, 9.17) is 4.98 Å². The van der Waals surface area contributed by atoms with Crippen molar-refractivity contribution >= 4 is 5.82 Å². The highest BCUT2D eigenvalue weighted by molar-refractivity contribution is 5.41. The molecule has 1 aromatic rings. The molecule has 20 heavy (non-hydrogen) atoms. The average Bonchev–Trinajstić information content (AvgIpc) is 2.87. The van der Waals surface area contributed by atoms with Crippen LogP contribution in [0.2, 0.25) is 0 Å². The molecule has 1 saturated heterocycles. The van der Waals surface area contributed by atoms with Crippen molar-refractivity contribution in [2.75, 3.05) is 18.0 Å². The molecule has 4 nitrogen and oxygen atoms in total. The van der Waals surface area contributed by atoms with Gasteiger partial charge in [-0.15, -0.1) is 0 Å². The topological polar surface area (TPSA) is 41.0 Å². The number of hydrogen-bond donors (Lipinski definition) is 1. The lowest BCUT2D eigenvalue weighted by molar-refractivity contribution is 0.547. The highest BCUT2D eigenvalue weighted by Gasteiger charge is 2.21. The number of rotatable bonds is 5. The Morgan fingerprint density at radius 3 is 2.60 bits per heavy atom. The summed E-state index contributed by atoms with van der Waals surface area (Å²) in [5.41, 5.74) is 1.06. The summed E-state index contributed by atoms with van der Waals surface area (Å²) in [5, 5.41) is 3.58. The lowest BCUT2D eigenvalue weighted by atomic mass is 10.1. The van der Waals surface area contributed by atoms with Gasteiger partial charge in [-0.05, 0) is 40.2 Å². The molecule has 112 valence electrons. The first kappa shape index (κ1) is 15.2. The van der Waals surface area contributed by atoms with Gasteiger partial charge in [-0.25, -0.2) is 9.97 Å². The van der Waals surface area contributed by atoms with Crippen molar-refractivity contribution < 1.29 is 0 Å². The molecule has 2 heterocycles. The monoisotopic (exact) mass is 276 g/mol. The van der Waals surface area contributed by atoms with E-state index in [9.17, 15) is 0 Å². The zero-order chi connectivity index (χ0) is 14.7. The summed E-state index contributed by atoms with van der Waals surface area (Å²) in [4.78, 5) is 11.7. The number of nitrogens with zero attached hydrogens (tertiary/aromatic N) is 3. The van der Waals surface area contributed by atoms with Crippen molar-refractivity contribution in [2.24, 2.45) is 0 Å². The van der Waals surface area contributed by atoms with Crippen molar-refractivity contribution in [2.45, 2.75) is 65.5 Å². The van der Waals surface area contributed by atoms with E-state index in [1.807, 2.05) is 0 Å². The van der Waals surface area contributed by atoms with Crippen LogP contribution in [0.4, 0.5) is 5.82 Å². The maximum atomic E-state index is 4.78. The van der Waals surface area contributed by atoms with Crippen molar-refractivity contribution in [1.29, 1.82) is 0 Å². The maximum absolute atomic E-state index is 4.78. The molecule has 1 aromatic heterocycles. The Labute approximate surface area is 123 Å². The van der Waals surface area contributed by atoms with Crippen molar-refractivity contribution in [1.82, 2.24) is 15.3 Å². The van der Waals surface area contributed by atoms with Crippen LogP contribution in [-0.2, 0) is 0 Å². The molecule has 0 amide bonds. The van der Waals surface area contributed by atoms with Crippen LogP contribution in [0.1, 0.15) is 58.0 Å². The number of nitrogens with one attached hydrogen (secondary N) is 1. The van der Waals surface area contributed by atoms with Crippen LogP contribution in [0.3, 0.4) is 0 Å². The van der Waals surface area contributed by atoms with Crippen molar-refractivity contribution in [3.05, 3.63) is 17.6 Å². The highest BCUT2D eigenvalue weighted by atomic mass is 15.2. The van der Waals surface area contributed by atoms with Gasteiger partial charge in [-0.3, -0.25) is 0 Å². The zero-order valence-corrected chi connectivity index (χ0v) is 13.5. The number of hydrogen-bond acceptors (Lipinski definition) is 4. The fourth-order valence-corrected chi connectivity index (χ4v) is 2.70. The summed E-state index contributed by atoms with van der Waals surface area (Å²) >= 11 is 0. The minimum Gasteiger partial charge on any atom is -0.353 e. The third-order valence-electron chi connectivity index (χ3n) is 3.87. The van der Waals surface area contributed by atoms with Crippen molar-refractivity contribution in [3.63, 3.8) is 0 Å². The predicted molar refractivity (Wildman–Crippen MR) is 84.4 cm³/mol. The molecule has 1 atom stereocenters. The lowest BCUT2D eigenvalue weighted by Crippen LogP contribution is -2.42. The molecule has 0 radical (unpaired) electrons. The van der Waals surface area contributed by atoms with E-state index in [-0.39, 0.29) is 0 Å². The van der Waals surface area contributed by atoms with E-state index in [1.54, 1.807) is 0 Å². The van der Waals surface area contributed by atoms with Gasteiger partial charge >= 0.3 is 0 Å². The SMILES string of the molecule is Cc1cc(N(CC2CCCN2)C(C)C)nc(C(C)C)n1. The third-order valence-corrected chi connectivity index (χ3v) is 3.87. The van der Waals surface area contributed by atoms with Crippen LogP contribution in [0.15, 0.2) is 6.07 Å². The molecule has 1 aliphatic rings. The molecule has 1 fully saturated rings. The third kappa shape index (κ3) is 3.69. The molecular formula is C16H28N4. The number of aryl methyl sites for hydroxylation is 1. The summed E-state index contributed by atoms with van der Waals surface area (Å²) in [6, 6.07) is 3.16. The van der Waals surface area contributed by atoms with E-state index in [0.29, 0.717) is 18.0 Å². The molecule has 0 aliphatic carbocycles. The second kappa shape index (κ2) is 6.53. The largest absolute Gasteiger partial charge is 0.353 e. The first-order chi connectivity index (χ1) is 9.47. The Kier molecular flexibility index (Phi) is 4.97. The summed E-state index contributed by atoms with van der Waals surface area (Å²) in [6.45, 7) is 13.0. The summed E-state index contributed by atoms with van der Waals surface area (Å²) in [7, 11) is 0. The molecular weight excluding hydrogens is 248 g/mol. The van der Waals surface area contributed by atoms with E-state index < -0.39 is 0 Å². The fourth-order valence-electron chi connectivity index (χ4n) is 2.70. The highest BCUT2D eigenvalue weighted by Crippen LogP contribution is 2.20. The number of anilines is 1. The van der Waals surface area contributed by atoms with E-state index in [0.717, 1.165) is 30.4 Å². The van der Waals surface area contributed by atoms with Gasteiger partial charge in [0.15, 0.2) is 0 Å². The van der Waals surface area contributed by atoms with Crippen molar-refractivity contribution in [3.8, 4) is 0 Å². The molecule has 1 N–H and O–H groups in total. The van der Waals surface area contributed by atoms with Crippen LogP contribution in [0.5, 0.6) is 0 Å². The van der Waals surface area contributed by atoms with Gasteiger partial charge < -0.3 is 10.2 Å². The smallest absolute Gasteiger partial charge is 0.133 e. The minimum atomic E-state index is 0.368. The van der Waals surface area contributed by atoms with Crippen LogP contribution < -0.4 is 10.2 Å². The molecule has 2 rings (SSSR count). The Bertz CT molecular complexity index is 436. The molecule has 0 aromatic carbocycles. The Morgan fingerprint density at radius 2 is 2.05 bits per heavy atom. The van der Waals surface area contributed by atoms with Gasteiger partial charge in [-0.1, -0.05) is 13.8 Å². The van der Waals surface area contributed by atoms with Gasteiger partial charge in [0.25, 0.3) is 0 Å². The number of aromatic nitrogens is 2. The van der Waals surface area contributed by atoms with Crippen LogP contribution in [-0.4, -0.2) is 35.1 Å². The first-order valence-corrected chi connectivity index (χ1v) is 7.83. The fraction of sp³-hybridized carbons (Fsp3) is 0.750. The van der Waals surface area contributed by atoms with E-state index in [2.05, 4.69) is 55.9 Å². The first-order valence-electron chi connectivity index (χ1n) is 7.83. The predicted octanol–water partition coefficient (Wildman–Crippen LogP) is 2.88. The second-order valence-electron chi connectivity index (χ2n) is 6.42. The quantitative estimate of drug-likeness (QED) is 0.898. The Morgan fingerprint density at radius 1 is 1.30 bits per heavy atom. The zero-order valence-electron chi connectivity index (χ0n) is 13.5. The Hall–Kier alpha value is -1.16. The molecule has 0 bridgehead atoms. The van der Waals surface area contributed by atoms with Gasteiger partial charge in [0.1, 0.15) is 11.6 Å². The van der Waals surface area contributed by atoms with Gasteiger partial charge in [0.2, 0.25) is 0 Å². The Balaban J connectivity index is 2.23. The second-order valence-corrected chi connectivity index (χ2v) is 6.42. The molecule has 0 spiro atoms. The molecule has 1 unspecified atom stereocenters. The summed E-state index contributed by atoms with van der Waals surface area (Å²) < 4.78 is 0.